The van der Waals surface area contributed by atoms with Crippen LogP contribution in [0, 0.1) is 6.92 Å². The lowest BCUT2D eigenvalue weighted by Gasteiger charge is -2.15. The Balaban J connectivity index is 1.72. The number of aliphatic carboxylic acids is 1. The number of carboxylic acids is 1. The van der Waals surface area contributed by atoms with E-state index in [9.17, 15) is 19.5 Å². The Morgan fingerprint density at radius 1 is 1.14 bits per heavy atom. The number of amides is 1. The molecule has 2 N–H and O–H groups in total. The van der Waals surface area contributed by atoms with Crippen molar-refractivity contribution in [1.82, 2.24) is 5.32 Å². The Bertz CT molecular complexity index is 1060. The van der Waals surface area contributed by atoms with Gasteiger partial charge in [-0.15, -0.1) is 0 Å². The summed E-state index contributed by atoms with van der Waals surface area (Å²) in [5.41, 5.74) is 0.989. The molecule has 0 aliphatic carbocycles. The molecule has 0 bridgehead atoms. The first-order valence-corrected chi connectivity index (χ1v) is 8.64. The van der Waals surface area contributed by atoms with Gasteiger partial charge in [0.25, 0.3) is 5.91 Å². The molecule has 2 aromatic carbocycles. The van der Waals surface area contributed by atoms with E-state index in [-0.39, 0.29) is 18.8 Å². The molecule has 1 aromatic heterocycles. The van der Waals surface area contributed by atoms with Gasteiger partial charge in [-0.25, -0.2) is 9.59 Å². The molecular formula is C21H19NO6. The highest BCUT2D eigenvalue weighted by atomic mass is 16.5. The summed E-state index contributed by atoms with van der Waals surface area (Å²) in [6.07, 6.45) is 0. The molecule has 0 radical (unpaired) electrons. The molecule has 0 aliphatic rings. The topological polar surface area (TPSA) is 106 Å². The summed E-state index contributed by atoms with van der Waals surface area (Å²) in [5, 5.41) is 12.3. The molecule has 1 unspecified atom stereocenters. The van der Waals surface area contributed by atoms with Gasteiger partial charge in [0.05, 0.1) is 13.2 Å². The standard InChI is InChI=1S/C21H19NO6/c1-13-6-5-9-18-15(13)10-16(21(26)28-18)19(23)22-17(20(24)25)12-27-11-14-7-3-2-4-8-14/h2-10,17H,11-12H2,1H3,(H,22,23)(H,24,25). The summed E-state index contributed by atoms with van der Waals surface area (Å²) < 4.78 is 10.6. The van der Waals surface area contributed by atoms with E-state index in [0.29, 0.717) is 11.0 Å². The maximum Gasteiger partial charge on any atom is 0.349 e. The van der Waals surface area contributed by atoms with E-state index in [0.717, 1.165) is 11.1 Å². The Morgan fingerprint density at radius 2 is 1.89 bits per heavy atom. The Labute approximate surface area is 160 Å². The number of benzene rings is 2. The lowest BCUT2D eigenvalue weighted by Crippen LogP contribution is -2.45. The summed E-state index contributed by atoms with van der Waals surface area (Å²) in [5.74, 6) is -2.09. The van der Waals surface area contributed by atoms with Crippen LogP contribution in [0.2, 0.25) is 0 Å². The number of fused-ring (bicyclic) bond motifs is 1. The number of carboxylic acid groups (broad SMARTS) is 1. The summed E-state index contributed by atoms with van der Waals surface area (Å²) in [6.45, 7) is 1.78. The van der Waals surface area contributed by atoms with Crippen LogP contribution in [0.3, 0.4) is 0 Å². The highest BCUT2D eigenvalue weighted by molar-refractivity contribution is 5.98. The molecule has 3 rings (SSSR count). The summed E-state index contributed by atoms with van der Waals surface area (Å²) in [6, 6.07) is 14.5. The van der Waals surface area contributed by atoms with Crippen LogP contribution in [-0.4, -0.2) is 29.6 Å². The van der Waals surface area contributed by atoms with E-state index in [4.69, 9.17) is 9.15 Å². The number of rotatable bonds is 7. The molecule has 3 aromatic rings. The second kappa shape index (κ2) is 8.49. The van der Waals surface area contributed by atoms with Crippen LogP contribution in [0.5, 0.6) is 0 Å². The maximum absolute atomic E-state index is 12.5. The van der Waals surface area contributed by atoms with E-state index < -0.39 is 23.5 Å². The summed E-state index contributed by atoms with van der Waals surface area (Å²) in [4.78, 5) is 36.1. The van der Waals surface area contributed by atoms with Gasteiger partial charge in [-0.3, -0.25) is 4.79 Å². The average molecular weight is 381 g/mol. The van der Waals surface area contributed by atoms with Crippen molar-refractivity contribution >= 4 is 22.8 Å². The smallest absolute Gasteiger partial charge is 0.349 e. The third-order valence-electron chi connectivity index (χ3n) is 4.24. The van der Waals surface area contributed by atoms with Crippen molar-refractivity contribution < 1.29 is 23.8 Å². The average Bonchev–Trinajstić information content (AvgIpc) is 2.67. The quantitative estimate of drug-likeness (QED) is 0.609. The largest absolute Gasteiger partial charge is 0.480 e. The minimum Gasteiger partial charge on any atom is -0.480 e. The molecule has 7 heteroatoms. The van der Waals surface area contributed by atoms with E-state index >= 15 is 0 Å². The number of hydrogen-bond acceptors (Lipinski definition) is 5. The monoisotopic (exact) mass is 381 g/mol. The molecular weight excluding hydrogens is 362 g/mol. The molecule has 28 heavy (non-hydrogen) atoms. The summed E-state index contributed by atoms with van der Waals surface area (Å²) in [7, 11) is 0. The summed E-state index contributed by atoms with van der Waals surface area (Å²) >= 11 is 0. The molecule has 7 nitrogen and oxygen atoms in total. The van der Waals surface area contributed by atoms with E-state index in [1.807, 2.05) is 43.3 Å². The van der Waals surface area contributed by atoms with Crippen LogP contribution in [-0.2, 0) is 16.1 Å². The van der Waals surface area contributed by atoms with Crippen molar-refractivity contribution in [2.75, 3.05) is 6.61 Å². The van der Waals surface area contributed by atoms with Gasteiger partial charge in [0.15, 0.2) is 6.04 Å². The van der Waals surface area contributed by atoms with Crippen molar-refractivity contribution in [3.8, 4) is 0 Å². The fourth-order valence-electron chi connectivity index (χ4n) is 2.72. The number of carbonyl (C=O) groups excluding carboxylic acids is 1. The van der Waals surface area contributed by atoms with E-state index in [1.54, 1.807) is 12.1 Å². The number of ether oxygens (including phenoxy) is 1. The predicted molar refractivity (Wildman–Crippen MR) is 102 cm³/mol. The van der Waals surface area contributed by atoms with Crippen LogP contribution < -0.4 is 10.9 Å². The van der Waals surface area contributed by atoms with Crippen LogP contribution in [0.4, 0.5) is 0 Å². The van der Waals surface area contributed by atoms with Crippen LogP contribution >= 0.6 is 0 Å². The molecule has 1 heterocycles. The molecule has 0 saturated heterocycles. The third kappa shape index (κ3) is 4.44. The van der Waals surface area contributed by atoms with Gasteiger partial charge >= 0.3 is 11.6 Å². The van der Waals surface area contributed by atoms with Crippen molar-refractivity contribution in [3.05, 3.63) is 81.7 Å². The molecule has 0 fully saturated rings. The van der Waals surface area contributed by atoms with Crippen molar-refractivity contribution in [2.45, 2.75) is 19.6 Å². The van der Waals surface area contributed by atoms with Gasteiger partial charge in [-0.05, 0) is 30.2 Å². The Kier molecular flexibility index (Phi) is 5.86. The Hall–Kier alpha value is -3.45. The fourth-order valence-corrected chi connectivity index (χ4v) is 2.72. The zero-order valence-electron chi connectivity index (χ0n) is 15.2. The molecule has 144 valence electrons. The van der Waals surface area contributed by atoms with Crippen LogP contribution in [0.1, 0.15) is 21.5 Å². The van der Waals surface area contributed by atoms with E-state index in [1.165, 1.54) is 6.07 Å². The van der Waals surface area contributed by atoms with Gasteiger partial charge in [-0.2, -0.15) is 0 Å². The second-order valence-electron chi connectivity index (χ2n) is 6.30. The molecule has 1 amide bonds. The van der Waals surface area contributed by atoms with Gasteiger partial charge in [-0.1, -0.05) is 42.5 Å². The number of carbonyl (C=O) groups is 2. The predicted octanol–water partition coefficient (Wildman–Crippen LogP) is 2.50. The van der Waals surface area contributed by atoms with E-state index in [2.05, 4.69) is 5.32 Å². The third-order valence-corrected chi connectivity index (χ3v) is 4.24. The van der Waals surface area contributed by atoms with Crippen molar-refractivity contribution in [3.63, 3.8) is 0 Å². The lowest BCUT2D eigenvalue weighted by atomic mass is 10.1. The number of aryl methyl sites for hydroxylation is 1. The van der Waals surface area contributed by atoms with Gasteiger partial charge in [0, 0.05) is 5.39 Å². The van der Waals surface area contributed by atoms with Crippen LogP contribution in [0.25, 0.3) is 11.0 Å². The molecule has 0 spiro atoms. The minimum atomic E-state index is -1.30. The Morgan fingerprint density at radius 3 is 2.61 bits per heavy atom. The minimum absolute atomic E-state index is 0.206. The highest BCUT2D eigenvalue weighted by Gasteiger charge is 2.23. The first-order valence-electron chi connectivity index (χ1n) is 8.64. The van der Waals surface area contributed by atoms with Crippen LogP contribution in [0.15, 0.2) is 63.8 Å². The highest BCUT2D eigenvalue weighted by Crippen LogP contribution is 2.17. The zero-order valence-corrected chi connectivity index (χ0v) is 15.2. The number of hydrogen-bond donors (Lipinski definition) is 2. The maximum atomic E-state index is 12.5. The SMILES string of the molecule is Cc1cccc2oc(=O)c(C(=O)NC(COCc3ccccc3)C(=O)O)cc12. The zero-order chi connectivity index (χ0) is 20.1. The molecule has 1 atom stereocenters. The van der Waals surface area contributed by atoms with Crippen molar-refractivity contribution in [2.24, 2.45) is 0 Å². The second-order valence-corrected chi connectivity index (χ2v) is 6.30. The molecule has 0 aliphatic heterocycles. The number of nitrogens with one attached hydrogen (secondary N) is 1. The first kappa shape index (κ1) is 19.3. The van der Waals surface area contributed by atoms with Crippen molar-refractivity contribution in [1.29, 1.82) is 0 Å². The lowest BCUT2D eigenvalue weighted by molar-refractivity contribution is -0.141. The normalized spacial score (nSPS) is 11.9. The van der Waals surface area contributed by atoms with Gasteiger partial charge < -0.3 is 19.6 Å². The fraction of sp³-hybridized carbons (Fsp3) is 0.190. The van der Waals surface area contributed by atoms with Gasteiger partial charge in [0.2, 0.25) is 0 Å². The first-order chi connectivity index (χ1) is 13.5. The molecule has 0 saturated carbocycles. The van der Waals surface area contributed by atoms with Gasteiger partial charge in [0.1, 0.15) is 11.1 Å².